The van der Waals surface area contributed by atoms with Gasteiger partial charge in [0.05, 0.1) is 11.8 Å². The van der Waals surface area contributed by atoms with Crippen molar-refractivity contribution >= 4 is 21.6 Å². The van der Waals surface area contributed by atoms with Crippen LogP contribution in [0.4, 0.5) is 5.69 Å². The van der Waals surface area contributed by atoms with Gasteiger partial charge >= 0.3 is 0 Å². The number of aliphatic hydroxyl groups excluding tert-OH is 1. The van der Waals surface area contributed by atoms with Crippen molar-refractivity contribution in [1.29, 1.82) is 0 Å². The molecule has 0 aromatic heterocycles. The van der Waals surface area contributed by atoms with Gasteiger partial charge in [0.25, 0.3) is 0 Å². The van der Waals surface area contributed by atoms with Crippen molar-refractivity contribution in [3.8, 4) is 0 Å². The van der Waals surface area contributed by atoms with Crippen LogP contribution in [0.5, 0.6) is 0 Å². The zero-order valence-corrected chi connectivity index (χ0v) is 12.3. The molecule has 0 radical (unpaired) electrons. The molecule has 0 aliphatic rings. The second-order valence-corrected chi connectivity index (χ2v) is 5.07. The summed E-state index contributed by atoms with van der Waals surface area (Å²) in [6.45, 7) is 8.83. The molecule has 0 aliphatic heterocycles. The minimum Gasteiger partial charge on any atom is -0.398 e. The van der Waals surface area contributed by atoms with Crippen molar-refractivity contribution in [3.63, 3.8) is 0 Å². The van der Waals surface area contributed by atoms with Crippen molar-refractivity contribution in [2.24, 2.45) is 0 Å². The number of benzene rings is 1. The fraction of sp³-hybridized carbons (Fsp3) is 0.538. The van der Waals surface area contributed by atoms with Gasteiger partial charge in [-0.1, -0.05) is 13.8 Å². The SMILES string of the molecule is CCN(CC)Cc1cc(C(C)O)cc(Br)c1N. The van der Waals surface area contributed by atoms with E-state index in [-0.39, 0.29) is 0 Å². The third-order valence-electron chi connectivity index (χ3n) is 3.01. The van der Waals surface area contributed by atoms with Crippen LogP contribution in [0, 0.1) is 0 Å². The summed E-state index contributed by atoms with van der Waals surface area (Å²) in [7, 11) is 0. The Bertz CT molecular complexity index is 376. The number of aliphatic hydroxyl groups is 1. The fourth-order valence-corrected chi connectivity index (χ4v) is 2.28. The molecule has 1 unspecified atom stereocenters. The van der Waals surface area contributed by atoms with Crippen LogP contribution in [0.15, 0.2) is 16.6 Å². The van der Waals surface area contributed by atoms with Crippen molar-refractivity contribution in [2.75, 3.05) is 18.8 Å². The summed E-state index contributed by atoms with van der Waals surface area (Å²) in [4.78, 5) is 2.30. The average molecular weight is 301 g/mol. The molecule has 1 aromatic rings. The normalized spacial score (nSPS) is 13.1. The van der Waals surface area contributed by atoms with E-state index >= 15 is 0 Å². The fourth-order valence-electron chi connectivity index (χ4n) is 1.76. The minimum atomic E-state index is -0.470. The first-order valence-corrected chi connectivity index (χ1v) is 6.77. The van der Waals surface area contributed by atoms with E-state index in [2.05, 4.69) is 34.7 Å². The summed E-state index contributed by atoms with van der Waals surface area (Å²) in [6.07, 6.45) is -0.470. The van der Waals surface area contributed by atoms with Gasteiger partial charge < -0.3 is 10.8 Å². The molecule has 0 spiro atoms. The summed E-state index contributed by atoms with van der Waals surface area (Å²) < 4.78 is 0.859. The Kier molecular flexibility index (Phi) is 5.43. The first kappa shape index (κ1) is 14.5. The molecule has 96 valence electrons. The molecule has 0 saturated carbocycles. The molecule has 17 heavy (non-hydrogen) atoms. The predicted molar refractivity (Wildman–Crippen MR) is 75.8 cm³/mol. The van der Waals surface area contributed by atoms with Gasteiger partial charge in [-0.2, -0.15) is 0 Å². The van der Waals surface area contributed by atoms with Crippen LogP contribution in [0.1, 0.15) is 38.0 Å². The summed E-state index contributed by atoms with van der Waals surface area (Å²) in [6, 6.07) is 3.87. The first-order chi connectivity index (χ1) is 7.99. The van der Waals surface area contributed by atoms with E-state index in [1.807, 2.05) is 12.1 Å². The largest absolute Gasteiger partial charge is 0.398 e. The van der Waals surface area contributed by atoms with Gasteiger partial charge in [0.15, 0.2) is 0 Å². The van der Waals surface area contributed by atoms with E-state index < -0.39 is 6.10 Å². The van der Waals surface area contributed by atoms with Crippen molar-refractivity contribution in [2.45, 2.75) is 33.4 Å². The highest BCUT2D eigenvalue weighted by Crippen LogP contribution is 2.29. The number of nitrogens with zero attached hydrogens (tertiary/aromatic N) is 1. The molecule has 0 heterocycles. The molecular formula is C13H21BrN2O. The highest BCUT2D eigenvalue weighted by atomic mass is 79.9. The van der Waals surface area contributed by atoms with Crippen LogP contribution in [-0.4, -0.2) is 23.1 Å². The number of anilines is 1. The lowest BCUT2D eigenvalue weighted by Gasteiger charge is -2.20. The van der Waals surface area contributed by atoms with E-state index in [4.69, 9.17) is 5.73 Å². The number of hydrogen-bond donors (Lipinski definition) is 2. The molecule has 3 nitrogen and oxygen atoms in total. The predicted octanol–water partition coefficient (Wildman–Crippen LogP) is 2.93. The molecule has 0 amide bonds. The van der Waals surface area contributed by atoms with E-state index in [0.29, 0.717) is 0 Å². The lowest BCUT2D eigenvalue weighted by Crippen LogP contribution is -2.23. The minimum absolute atomic E-state index is 0.470. The van der Waals surface area contributed by atoms with Crippen LogP contribution in [-0.2, 0) is 6.54 Å². The lowest BCUT2D eigenvalue weighted by molar-refractivity contribution is 0.199. The zero-order chi connectivity index (χ0) is 13.0. The Morgan fingerprint density at radius 3 is 2.41 bits per heavy atom. The number of nitrogen functional groups attached to an aromatic ring is 1. The van der Waals surface area contributed by atoms with Crippen LogP contribution >= 0.6 is 15.9 Å². The maximum atomic E-state index is 9.64. The molecular weight excluding hydrogens is 280 g/mol. The number of hydrogen-bond acceptors (Lipinski definition) is 3. The molecule has 1 atom stereocenters. The smallest absolute Gasteiger partial charge is 0.0762 e. The van der Waals surface area contributed by atoms with E-state index in [9.17, 15) is 5.11 Å². The molecule has 4 heteroatoms. The van der Waals surface area contributed by atoms with Gasteiger partial charge in [0.1, 0.15) is 0 Å². The highest BCUT2D eigenvalue weighted by molar-refractivity contribution is 9.10. The highest BCUT2D eigenvalue weighted by Gasteiger charge is 2.11. The standard InChI is InChI=1S/C13H21BrN2O/c1-4-16(5-2)8-11-6-10(9(3)17)7-12(14)13(11)15/h6-7,9,17H,4-5,8,15H2,1-3H3. The van der Waals surface area contributed by atoms with E-state index in [0.717, 1.165) is 40.9 Å². The second-order valence-electron chi connectivity index (χ2n) is 4.21. The van der Waals surface area contributed by atoms with Crippen LogP contribution in [0.3, 0.4) is 0 Å². The molecule has 0 fully saturated rings. The van der Waals surface area contributed by atoms with Crippen molar-refractivity contribution in [1.82, 2.24) is 4.90 Å². The average Bonchev–Trinajstić information content (AvgIpc) is 2.30. The van der Waals surface area contributed by atoms with Gasteiger partial charge in [-0.25, -0.2) is 0 Å². The molecule has 0 saturated heterocycles. The molecule has 3 N–H and O–H groups in total. The summed E-state index contributed by atoms with van der Waals surface area (Å²) in [5, 5.41) is 9.64. The Hall–Kier alpha value is -0.580. The Balaban J connectivity index is 3.05. The monoisotopic (exact) mass is 300 g/mol. The van der Waals surface area contributed by atoms with Crippen LogP contribution < -0.4 is 5.73 Å². The quantitative estimate of drug-likeness (QED) is 0.822. The van der Waals surface area contributed by atoms with Gasteiger partial charge in [-0.15, -0.1) is 0 Å². The number of halogens is 1. The number of nitrogens with two attached hydrogens (primary N) is 1. The van der Waals surface area contributed by atoms with Gasteiger partial charge in [-0.05, 0) is 59.2 Å². The van der Waals surface area contributed by atoms with Gasteiger partial charge in [0, 0.05) is 11.0 Å². The summed E-state index contributed by atoms with van der Waals surface area (Å²) >= 11 is 3.44. The third-order valence-corrected chi connectivity index (χ3v) is 3.66. The van der Waals surface area contributed by atoms with Gasteiger partial charge in [0.2, 0.25) is 0 Å². The van der Waals surface area contributed by atoms with E-state index in [1.165, 1.54) is 0 Å². The Morgan fingerprint density at radius 1 is 1.35 bits per heavy atom. The second kappa shape index (κ2) is 6.38. The molecule has 1 aromatic carbocycles. The maximum Gasteiger partial charge on any atom is 0.0762 e. The van der Waals surface area contributed by atoms with Crippen molar-refractivity contribution < 1.29 is 5.11 Å². The summed E-state index contributed by atoms with van der Waals surface area (Å²) in [5.74, 6) is 0. The molecule has 0 aliphatic carbocycles. The van der Waals surface area contributed by atoms with Crippen LogP contribution in [0.2, 0.25) is 0 Å². The summed E-state index contributed by atoms with van der Waals surface area (Å²) in [5.41, 5.74) is 8.78. The zero-order valence-electron chi connectivity index (χ0n) is 10.7. The Morgan fingerprint density at radius 2 is 1.94 bits per heavy atom. The van der Waals surface area contributed by atoms with Gasteiger partial charge in [-0.3, -0.25) is 4.90 Å². The molecule has 1 rings (SSSR count). The first-order valence-electron chi connectivity index (χ1n) is 5.97. The van der Waals surface area contributed by atoms with Crippen LogP contribution in [0.25, 0.3) is 0 Å². The molecule has 0 bridgehead atoms. The topological polar surface area (TPSA) is 49.5 Å². The lowest BCUT2D eigenvalue weighted by atomic mass is 10.0. The van der Waals surface area contributed by atoms with E-state index in [1.54, 1.807) is 6.92 Å². The third kappa shape index (κ3) is 3.69. The maximum absolute atomic E-state index is 9.64. The van der Waals surface area contributed by atoms with Crippen molar-refractivity contribution in [3.05, 3.63) is 27.7 Å². The Labute approximate surface area is 112 Å². The number of rotatable bonds is 5.